The van der Waals surface area contributed by atoms with Gasteiger partial charge in [0.25, 0.3) is 0 Å². The lowest BCUT2D eigenvalue weighted by Crippen LogP contribution is -2.31. The molecule has 0 unspecified atom stereocenters. The monoisotopic (exact) mass is 244 g/mol. The van der Waals surface area contributed by atoms with E-state index in [9.17, 15) is 0 Å². The molecule has 0 aromatic carbocycles. The molecule has 0 atom stereocenters. The van der Waals surface area contributed by atoms with Crippen molar-refractivity contribution in [2.24, 2.45) is 0 Å². The van der Waals surface area contributed by atoms with Crippen molar-refractivity contribution in [1.29, 1.82) is 0 Å². The van der Waals surface area contributed by atoms with Crippen LogP contribution in [0.25, 0.3) is 0 Å². The van der Waals surface area contributed by atoms with Crippen molar-refractivity contribution in [2.75, 3.05) is 19.8 Å². The fourth-order valence-corrected chi connectivity index (χ4v) is 2.10. The number of aryl methyl sites for hydroxylation is 1. The molecule has 1 N–H and O–H groups in total. The van der Waals surface area contributed by atoms with Crippen LogP contribution in [0.15, 0.2) is 6.20 Å². The summed E-state index contributed by atoms with van der Waals surface area (Å²) < 4.78 is 10.9. The van der Waals surface area contributed by atoms with Crippen LogP contribution >= 0.6 is 11.3 Å². The lowest BCUT2D eigenvalue weighted by Gasteiger charge is -2.16. The summed E-state index contributed by atoms with van der Waals surface area (Å²) in [4.78, 5) is 5.44. The van der Waals surface area contributed by atoms with E-state index in [1.165, 1.54) is 4.88 Å². The Labute approximate surface area is 101 Å². The summed E-state index contributed by atoms with van der Waals surface area (Å²) in [5, 5.41) is 4.41. The maximum atomic E-state index is 5.43. The van der Waals surface area contributed by atoms with Crippen LogP contribution < -0.4 is 5.32 Å². The molecule has 1 aromatic heterocycles. The minimum atomic E-state index is -0.149. The molecule has 16 heavy (non-hydrogen) atoms. The highest BCUT2D eigenvalue weighted by atomic mass is 32.1. The van der Waals surface area contributed by atoms with Gasteiger partial charge in [0.15, 0.2) is 6.29 Å². The summed E-state index contributed by atoms with van der Waals surface area (Å²) in [5.41, 5.74) is 0. The predicted octanol–water partition coefficient (Wildman–Crippen LogP) is 1.94. The highest BCUT2D eigenvalue weighted by molar-refractivity contribution is 7.11. The van der Waals surface area contributed by atoms with Crippen molar-refractivity contribution >= 4 is 11.3 Å². The second-order valence-electron chi connectivity index (χ2n) is 3.32. The number of thiazole rings is 1. The van der Waals surface area contributed by atoms with Crippen molar-refractivity contribution < 1.29 is 9.47 Å². The van der Waals surface area contributed by atoms with Gasteiger partial charge >= 0.3 is 0 Å². The summed E-state index contributed by atoms with van der Waals surface area (Å²) in [6, 6.07) is 0. The number of nitrogens with one attached hydrogen (secondary N) is 1. The average molecular weight is 244 g/mol. The van der Waals surface area contributed by atoms with Gasteiger partial charge in [-0.3, -0.25) is 0 Å². The predicted molar refractivity (Wildman–Crippen MR) is 65.6 cm³/mol. The fraction of sp³-hybridized carbons (Fsp3) is 0.727. The van der Waals surface area contributed by atoms with Crippen molar-refractivity contribution in [3.05, 3.63) is 16.1 Å². The number of ether oxygens (including phenoxy) is 2. The second kappa shape index (κ2) is 7.73. The van der Waals surface area contributed by atoms with E-state index in [0.29, 0.717) is 19.8 Å². The molecule has 1 rings (SSSR count). The second-order valence-corrected chi connectivity index (χ2v) is 4.64. The third-order valence-corrected chi connectivity index (χ3v) is 2.90. The Morgan fingerprint density at radius 3 is 2.56 bits per heavy atom. The highest BCUT2D eigenvalue weighted by Gasteiger charge is 2.07. The molecule has 5 heteroatoms. The molecule has 0 amide bonds. The zero-order valence-corrected chi connectivity index (χ0v) is 11.0. The van der Waals surface area contributed by atoms with E-state index in [1.807, 2.05) is 27.0 Å². The van der Waals surface area contributed by atoms with E-state index in [2.05, 4.69) is 10.3 Å². The number of aromatic nitrogens is 1. The van der Waals surface area contributed by atoms with Crippen LogP contribution in [-0.4, -0.2) is 31.0 Å². The first-order valence-corrected chi connectivity index (χ1v) is 6.43. The van der Waals surface area contributed by atoms with E-state index >= 15 is 0 Å². The van der Waals surface area contributed by atoms with Gasteiger partial charge in [-0.25, -0.2) is 4.98 Å². The topological polar surface area (TPSA) is 43.4 Å². The molecule has 1 heterocycles. The molecular formula is C11H20N2O2S. The molecule has 0 spiro atoms. The summed E-state index contributed by atoms with van der Waals surface area (Å²) in [6.45, 7) is 8.83. The van der Waals surface area contributed by atoms with E-state index in [-0.39, 0.29) is 6.29 Å². The molecule has 0 aliphatic rings. The Balaban J connectivity index is 2.21. The summed E-state index contributed by atoms with van der Waals surface area (Å²) in [6.07, 6.45) is 1.76. The van der Waals surface area contributed by atoms with Crippen LogP contribution in [-0.2, 0) is 16.0 Å². The van der Waals surface area contributed by atoms with Crippen LogP contribution in [0.1, 0.15) is 23.7 Å². The normalized spacial score (nSPS) is 11.2. The van der Waals surface area contributed by atoms with E-state index < -0.39 is 0 Å². The first-order valence-electron chi connectivity index (χ1n) is 5.61. The maximum Gasteiger partial charge on any atom is 0.169 e. The van der Waals surface area contributed by atoms with Crippen LogP contribution in [0.2, 0.25) is 0 Å². The van der Waals surface area contributed by atoms with E-state index in [1.54, 1.807) is 11.3 Å². The maximum absolute atomic E-state index is 5.43. The Hall–Kier alpha value is -0.490. The lowest BCUT2D eigenvalue weighted by molar-refractivity contribution is -0.133. The molecule has 0 radical (unpaired) electrons. The van der Waals surface area contributed by atoms with Gasteiger partial charge < -0.3 is 14.8 Å². The van der Waals surface area contributed by atoms with Crippen LogP contribution in [0, 0.1) is 6.92 Å². The van der Waals surface area contributed by atoms with Crippen molar-refractivity contribution in [2.45, 2.75) is 33.6 Å². The fourth-order valence-electron chi connectivity index (χ4n) is 1.34. The molecule has 0 fully saturated rings. The lowest BCUT2D eigenvalue weighted by atomic mass is 10.5. The SMILES string of the molecule is CCOC(CNCc1cnc(C)s1)OCC. The number of nitrogens with zero attached hydrogens (tertiary/aromatic N) is 1. The Bertz CT molecular complexity index is 285. The van der Waals surface area contributed by atoms with Crippen molar-refractivity contribution in [1.82, 2.24) is 10.3 Å². The largest absolute Gasteiger partial charge is 0.352 e. The van der Waals surface area contributed by atoms with E-state index in [4.69, 9.17) is 9.47 Å². The quantitative estimate of drug-likeness (QED) is 0.710. The van der Waals surface area contributed by atoms with Crippen LogP contribution in [0.4, 0.5) is 0 Å². The van der Waals surface area contributed by atoms with Gasteiger partial charge in [0.2, 0.25) is 0 Å². The molecule has 0 aliphatic heterocycles. The van der Waals surface area contributed by atoms with Gasteiger partial charge in [-0.2, -0.15) is 0 Å². The van der Waals surface area contributed by atoms with Crippen molar-refractivity contribution in [3.8, 4) is 0 Å². The van der Waals surface area contributed by atoms with Gasteiger partial charge in [-0.05, 0) is 20.8 Å². The van der Waals surface area contributed by atoms with Crippen LogP contribution in [0.5, 0.6) is 0 Å². The smallest absolute Gasteiger partial charge is 0.169 e. The summed E-state index contributed by atoms with van der Waals surface area (Å²) in [5.74, 6) is 0. The van der Waals surface area contributed by atoms with Gasteiger partial charge in [-0.15, -0.1) is 11.3 Å². The summed E-state index contributed by atoms with van der Waals surface area (Å²) in [7, 11) is 0. The average Bonchev–Trinajstić information content (AvgIpc) is 2.65. The molecular weight excluding hydrogens is 224 g/mol. The van der Waals surface area contributed by atoms with Crippen LogP contribution in [0.3, 0.4) is 0 Å². The molecule has 92 valence electrons. The Morgan fingerprint density at radius 2 is 2.06 bits per heavy atom. The molecule has 0 saturated carbocycles. The first kappa shape index (κ1) is 13.6. The minimum Gasteiger partial charge on any atom is -0.352 e. The van der Waals surface area contributed by atoms with Gasteiger partial charge in [-0.1, -0.05) is 0 Å². The van der Waals surface area contributed by atoms with Gasteiger partial charge in [0.05, 0.1) is 5.01 Å². The zero-order valence-electron chi connectivity index (χ0n) is 10.2. The first-order chi connectivity index (χ1) is 7.76. The third-order valence-electron chi connectivity index (χ3n) is 1.98. The zero-order chi connectivity index (χ0) is 11.8. The number of rotatable bonds is 8. The highest BCUT2D eigenvalue weighted by Crippen LogP contribution is 2.10. The number of hydrogen-bond acceptors (Lipinski definition) is 5. The standard InChI is InChI=1S/C11H20N2O2S/c1-4-14-11(15-5-2)8-12-6-10-7-13-9(3)16-10/h7,11-12H,4-6,8H2,1-3H3. The van der Waals surface area contributed by atoms with Gasteiger partial charge in [0, 0.05) is 37.4 Å². The third kappa shape index (κ3) is 5.03. The molecule has 1 aromatic rings. The number of hydrogen-bond donors (Lipinski definition) is 1. The Morgan fingerprint density at radius 1 is 1.38 bits per heavy atom. The molecule has 0 bridgehead atoms. The molecule has 0 aliphatic carbocycles. The Kier molecular flexibility index (Phi) is 6.56. The molecule has 0 saturated heterocycles. The molecule has 4 nitrogen and oxygen atoms in total. The van der Waals surface area contributed by atoms with Gasteiger partial charge in [0.1, 0.15) is 0 Å². The minimum absolute atomic E-state index is 0.149. The van der Waals surface area contributed by atoms with E-state index in [0.717, 1.165) is 11.6 Å². The summed E-state index contributed by atoms with van der Waals surface area (Å²) >= 11 is 1.71. The van der Waals surface area contributed by atoms with Crippen molar-refractivity contribution in [3.63, 3.8) is 0 Å².